The van der Waals surface area contributed by atoms with Gasteiger partial charge in [-0.1, -0.05) is 44.5 Å². The molecule has 1 amide bonds. The Morgan fingerprint density at radius 2 is 1.79 bits per heavy atom. The van der Waals surface area contributed by atoms with Crippen molar-refractivity contribution in [3.05, 3.63) is 41.1 Å². The molecule has 0 bridgehead atoms. The summed E-state index contributed by atoms with van der Waals surface area (Å²) in [5.74, 6) is -0.129. The summed E-state index contributed by atoms with van der Waals surface area (Å²) in [5, 5.41) is 2.80. The molecule has 1 aromatic carbocycles. The van der Waals surface area contributed by atoms with Gasteiger partial charge in [-0.3, -0.25) is 9.59 Å². The number of carbonyl (C=O) groups excluding carboxylic acids is 2. The van der Waals surface area contributed by atoms with Gasteiger partial charge in [0.05, 0.1) is 5.70 Å². The van der Waals surface area contributed by atoms with E-state index in [0.29, 0.717) is 17.7 Å². The molecule has 1 aromatic rings. The quantitative estimate of drug-likeness (QED) is 0.879. The molecule has 0 fully saturated rings. The summed E-state index contributed by atoms with van der Waals surface area (Å²) >= 11 is 0. The third-order valence-corrected chi connectivity index (χ3v) is 3.27. The third kappa shape index (κ3) is 2.60. The van der Waals surface area contributed by atoms with Crippen LogP contribution in [0.3, 0.4) is 0 Å². The fourth-order valence-corrected chi connectivity index (χ4v) is 2.42. The summed E-state index contributed by atoms with van der Waals surface area (Å²) in [5.41, 5.74) is 3.15. The maximum atomic E-state index is 12.3. The van der Waals surface area contributed by atoms with Crippen molar-refractivity contribution >= 4 is 17.3 Å². The first-order valence-corrected chi connectivity index (χ1v) is 6.86. The first-order chi connectivity index (χ1) is 9.19. The molecular formula is C16H19NO2. The molecule has 0 aliphatic heterocycles. The van der Waals surface area contributed by atoms with Gasteiger partial charge in [-0.05, 0) is 24.0 Å². The van der Waals surface area contributed by atoms with Crippen LogP contribution in [0.15, 0.2) is 30.0 Å². The molecule has 1 aliphatic rings. The summed E-state index contributed by atoms with van der Waals surface area (Å²) in [6.45, 7) is 4.02. The van der Waals surface area contributed by atoms with Gasteiger partial charge < -0.3 is 5.32 Å². The van der Waals surface area contributed by atoms with Crippen LogP contribution in [0, 0.1) is 0 Å². The molecule has 0 radical (unpaired) electrons. The number of fused-ring (bicyclic) bond motifs is 1. The molecule has 0 aromatic heterocycles. The van der Waals surface area contributed by atoms with Crippen LogP contribution in [0.1, 0.15) is 55.5 Å². The Morgan fingerprint density at radius 3 is 2.42 bits per heavy atom. The molecule has 1 N–H and O–H groups in total. The molecule has 100 valence electrons. The lowest BCUT2D eigenvalue weighted by atomic mass is 10.0. The van der Waals surface area contributed by atoms with E-state index in [1.807, 2.05) is 31.2 Å². The van der Waals surface area contributed by atoms with Crippen LogP contribution in [0.2, 0.25) is 0 Å². The second-order valence-electron chi connectivity index (χ2n) is 4.78. The predicted molar refractivity (Wildman–Crippen MR) is 75.7 cm³/mol. The second-order valence-corrected chi connectivity index (χ2v) is 4.78. The maximum Gasteiger partial charge on any atom is 0.224 e. The second kappa shape index (κ2) is 5.83. The van der Waals surface area contributed by atoms with E-state index in [-0.39, 0.29) is 11.7 Å². The highest BCUT2D eigenvalue weighted by Crippen LogP contribution is 2.34. The van der Waals surface area contributed by atoms with Crippen LogP contribution >= 0.6 is 0 Å². The summed E-state index contributed by atoms with van der Waals surface area (Å²) in [6, 6.07) is 7.57. The Morgan fingerprint density at radius 1 is 1.11 bits per heavy atom. The first-order valence-electron chi connectivity index (χ1n) is 6.86. The number of benzene rings is 1. The molecule has 0 heterocycles. The van der Waals surface area contributed by atoms with Gasteiger partial charge >= 0.3 is 0 Å². The lowest BCUT2D eigenvalue weighted by Gasteiger charge is -2.07. The Bertz CT molecular complexity index is 543. The van der Waals surface area contributed by atoms with E-state index in [0.717, 1.165) is 30.4 Å². The van der Waals surface area contributed by atoms with E-state index in [1.165, 1.54) is 0 Å². The number of hydrogen-bond acceptors (Lipinski definition) is 2. The zero-order valence-electron chi connectivity index (χ0n) is 11.5. The number of hydrogen-bond donors (Lipinski definition) is 1. The Labute approximate surface area is 113 Å². The minimum Gasteiger partial charge on any atom is -0.323 e. The average molecular weight is 257 g/mol. The number of allylic oxidation sites excluding steroid dienone is 2. The number of rotatable bonds is 5. The Hall–Kier alpha value is -1.90. The Balaban J connectivity index is 2.36. The molecule has 0 atom stereocenters. The summed E-state index contributed by atoms with van der Waals surface area (Å²) < 4.78 is 0. The van der Waals surface area contributed by atoms with Crippen molar-refractivity contribution < 1.29 is 9.59 Å². The van der Waals surface area contributed by atoms with E-state index in [9.17, 15) is 9.59 Å². The minimum absolute atomic E-state index is 0.0523. The molecule has 3 nitrogen and oxygen atoms in total. The lowest BCUT2D eigenvalue weighted by Crippen LogP contribution is -2.26. The van der Waals surface area contributed by atoms with Crippen LogP contribution in [0.25, 0.3) is 5.57 Å². The fraction of sp³-hybridized carbons (Fsp3) is 0.375. The lowest BCUT2D eigenvalue weighted by molar-refractivity contribution is -0.120. The molecule has 19 heavy (non-hydrogen) atoms. The summed E-state index contributed by atoms with van der Waals surface area (Å²) in [4.78, 5) is 24.1. The van der Waals surface area contributed by atoms with Crippen LogP contribution in [0.5, 0.6) is 0 Å². The van der Waals surface area contributed by atoms with Crippen molar-refractivity contribution in [2.24, 2.45) is 0 Å². The van der Waals surface area contributed by atoms with Crippen molar-refractivity contribution in [3.8, 4) is 0 Å². The van der Waals surface area contributed by atoms with Gasteiger partial charge in [0.25, 0.3) is 0 Å². The van der Waals surface area contributed by atoms with Gasteiger partial charge in [-0.15, -0.1) is 0 Å². The zero-order valence-corrected chi connectivity index (χ0v) is 11.5. The van der Waals surface area contributed by atoms with E-state index in [2.05, 4.69) is 12.2 Å². The molecule has 0 spiro atoms. The topological polar surface area (TPSA) is 46.2 Å². The number of amides is 1. The molecule has 1 aliphatic carbocycles. The zero-order chi connectivity index (χ0) is 13.8. The van der Waals surface area contributed by atoms with Crippen LogP contribution < -0.4 is 5.32 Å². The van der Waals surface area contributed by atoms with Crippen LogP contribution in [-0.4, -0.2) is 11.7 Å². The van der Waals surface area contributed by atoms with E-state index >= 15 is 0 Å². The third-order valence-electron chi connectivity index (χ3n) is 3.27. The van der Waals surface area contributed by atoms with Crippen LogP contribution in [-0.2, 0) is 4.79 Å². The minimum atomic E-state index is -0.0766. The van der Waals surface area contributed by atoms with Gasteiger partial charge in [0.1, 0.15) is 0 Å². The van der Waals surface area contributed by atoms with Crippen molar-refractivity contribution in [2.75, 3.05) is 0 Å². The van der Waals surface area contributed by atoms with Gasteiger partial charge in [0, 0.05) is 12.0 Å². The summed E-state index contributed by atoms with van der Waals surface area (Å²) in [6.07, 6.45) is 2.99. The highest BCUT2D eigenvalue weighted by molar-refractivity contribution is 6.21. The fourth-order valence-electron chi connectivity index (χ4n) is 2.42. The largest absolute Gasteiger partial charge is 0.323 e. The van der Waals surface area contributed by atoms with Gasteiger partial charge in [0.2, 0.25) is 11.7 Å². The average Bonchev–Trinajstić information content (AvgIpc) is 2.66. The number of carbonyl (C=O) groups is 2. The molecule has 2 rings (SSSR count). The van der Waals surface area contributed by atoms with Crippen LogP contribution in [0.4, 0.5) is 0 Å². The molecule has 0 unspecified atom stereocenters. The highest BCUT2D eigenvalue weighted by atomic mass is 16.2. The first kappa shape index (κ1) is 13.5. The van der Waals surface area contributed by atoms with Crippen molar-refractivity contribution in [1.29, 1.82) is 0 Å². The smallest absolute Gasteiger partial charge is 0.224 e. The Kier molecular flexibility index (Phi) is 4.15. The molecule has 3 heteroatoms. The predicted octanol–water partition coefficient (Wildman–Crippen LogP) is 3.31. The van der Waals surface area contributed by atoms with E-state index in [4.69, 9.17) is 0 Å². The van der Waals surface area contributed by atoms with Gasteiger partial charge in [-0.2, -0.15) is 0 Å². The normalized spacial score (nSPS) is 13.7. The number of ketones is 1. The molecule has 0 saturated heterocycles. The number of nitrogens with one attached hydrogen (secondary N) is 1. The van der Waals surface area contributed by atoms with Crippen molar-refractivity contribution in [1.82, 2.24) is 5.32 Å². The van der Waals surface area contributed by atoms with Gasteiger partial charge in [0.15, 0.2) is 0 Å². The maximum absolute atomic E-state index is 12.3. The monoisotopic (exact) mass is 257 g/mol. The molecule has 0 saturated carbocycles. The van der Waals surface area contributed by atoms with Crippen molar-refractivity contribution in [2.45, 2.75) is 39.5 Å². The van der Waals surface area contributed by atoms with Gasteiger partial charge in [-0.25, -0.2) is 0 Å². The summed E-state index contributed by atoms with van der Waals surface area (Å²) in [7, 11) is 0. The SMILES string of the molecule is CCCC(=O)NC1=C(CCC)c2ccccc2C1=O. The highest BCUT2D eigenvalue weighted by Gasteiger charge is 2.29. The molecular weight excluding hydrogens is 238 g/mol. The van der Waals surface area contributed by atoms with E-state index < -0.39 is 0 Å². The standard InChI is InChI=1S/C16H19NO2/c1-3-7-12-11-9-5-6-10-13(11)16(19)15(12)17-14(18)8-4-2/h5-6,9-10H,3-4,7-8H2,1-2H3,(H,17,18,19). The van der Waals surface area contributed by atoms with Crippen molar-refractivity contribution in [3.63, 3.8) is 0 Å². The van der Waals surface area contributed by atoms with E-state index in [1.54, 1.807) is 0 Å². The number of Topliss-reactive ketones (excluding diaryl/α,β-unsaturated/α-hetero) is 1.